The highest BCUT2D eigenvalue weighted by atomic mass is 15.3. The molecule has 1 heterocycles. The molecule has 2 rings (SSSR count). The number of hydrogen-bond donors (Lipinski definition) is 1. The van der Waals surface area contributed by atoms with Crippen molar-refractivity contribution in [2.75, 3.05) is 52.9 Å². The van der Waals surface area contributed by atoms with Crippen LogP contribution in [0.25, 0.3) is 0 Å². The minimum atomic E-state index is 1.10. The average molecular weight is 247 g/mol. The molecule has 1 aromatic rings. The molecule has 0 amide bonds. The Labute approximate surface area is 111 Å². The largest absolute Gasteiger partial charge is 0.318 e. The summed E-state index contributed by atoms with van der Waals surface area (Å²) in [5.74, 6) is 0. The Kier molecular flexibility index (Phi) is 5.65. The number of nitrogens with zero attached hydrogens (tertiary/aromatic N) is 2. The van der Waals surface area contributed by atoms with Crippen molar-refractivity contribution in [1.29, 1.82) is 0 Å². The van der Waals surface area contributed by atoms with E-state index in [2.05, 4.69) is 45.4 Å². The maximum absolute atomic E-state index is 3.22. The van der Waals surface area contributed by atoms with Gasteiger partial charge in [-0.15, -0.1) is 0 Å². The minimum Gasteiger partial charge on any atom is -0.318 e. The molecule has 0 atom stereocenters. The zero-order valence-corrected chi connectivity index (χ0v) is 11.4. The summed E-state index contributed by atoms with van der Waals surface area (Å²) in [6.45, 7) is 8.36. The maximum atomic E-state index is 3.22. The van der Waals surface area contributed by atoms with E-state index in [4.69, 9.17) is 0 Å². The van der Waals surface area contributed by atoms with Crippen LogP contribution in [0.1, 0.15) is 5.56 Å². The number of piperazine rings is 1. The van der Waals surface area contributed by atoms with Crippen LogP contribution in [0.5, 0.6) is 0 Å². The van der Waals surface area contributed by atoms with E-state index in [1.54, 1.807) is 0 Å². The van der Waals surface area contributed by atoms with Gasteiger partial charge in [0.15, 0.2) is 0 Å². The van der Waals surface area contributed by atoms with Crippen molar-refractivity contribution in [2.45, 2.75) is 6.42 Å². The second kappa shape index (κ2) is 7.52. The van der Waals surface area contributed by atoms with Crippen molar-refractivity contribution in [3.8, 4) is 0 Å². The average Bonchev–Trinajstić information content (AvgIpc) is 2.45. The Morgan fingerprint density at radius 3 is 2.17 bits per heavy atom. The van der Waals surface area contributed by atoms with E-state index in [9.17, 15) is 0 Å². The van der Waals surface area contributed by atoms with Crippen molar-refractivity contribution in [3.05, 3.63) is 35.9 Å². The molecular formula is C15H25N3. The molecule has 18 heavy (non-hydrogen) atoms. The number of nitrogens with one attached hydrogen (secondary N) is 1. The van der Waals surface area contributed by atoms with E-state index >= 15 is 0 Å². The summed E-state index contributed by atoms with van der Waals surface area (Å²) < 4.78 is 0. The Morgan fingerprint density at radius 1 is 0.944 bits per heavy atom. The molecule has 100 valence electrons. The van der Waals surface area contributed by atoms with Crippen LogP contribution in [0.15, 0.2) is 30.3 Å². The quantitative estimate of drug-likeness (QED) is 0.811. The van der Waals surface area contributed by atoms with Crippen LogP contribution < -0.4 is 5.32 Å². The molecule has 1 aliphatic rings. The van der Waals surface area contributed by atoms with Crippen molar-refractivity contribution >= 4 is 0 Å². The van der Waals surface area contributed by atoms with Crippen molar-refractivity contribution in [1.82, 2.24) is 15.1 Å². The highest BCUT2D eigenvalue weighted by Crippen LogP contribution is 2.05. The summed E-state index contributed by atoms with van der Waals surface area (Å²) >= 11 is 0. The second-order valence-corrected chi connectivity index (χ2v) is 5.02. The SMILES string of the molecule is CNCCN1CCN(CCc2ccccc2)CC1. The van der Waals surface area contributed by atoms with Gasteiger partial charge in [-0.05, 0) is 19.0 Å². The predicted octanol–water partition coefficient (Wildman–Crippen LogP) is 1.07. The first kappa shape index (κ1) is 13.5. The van der Waals surface area contributed by atoms with Gasteiger partial charge < -0.3 is 10.2 Å². The summed E-state index contributed by atoms with van der Waals surface area (Å²) in [6.07, 6.45) is 1.18. The van der Waals surface area contributed by atoms with E-state index in [1.807, 2.05) is 7.05 Å². The molecule has 3 heteroatoms. The van der Waals surface area contributed by atoms with Crippen molar-refractivity contribution < 1.29 is 0 Å². The molecule has 0 radical (unpaired) electrons. The number of benzene rings is 1. The molecule has 0 aromatic heterocycles. The molecule has 1 aromatic carbocycles. The lowest BCUT2D eigenvalue weighted by Crippen LogP contribution is -2.48. The van der Waals surface area contributed by atoms with Crippen LogP contribution in [0, 0.1) is 0 Å². The molecule has 0 aliphatic carbocycles. The van der Waals surface area contributed by atoms with Gasteiger partial charge in [-0.1, -0.05) is 30.3 Å². The fraction of sp³-hybridized carbons (Fsp3) is 0.600. The zero-order valence-electron chi connectivity index (χ0n) is 11.4. The number of likely N-dealkylation sites (N-methyl/N-ethyl adjacent to an activating group) is 1. The summed E-state index contributed by atoms with van der Waals surface area (Å²) in [4.78, 5) is 5.14. The zero-order chi connectivity index (χ0) is 12.6. The smallest absolute Gasteiger partial charge is 0.0110 e. The first-order valence-electron chi connectivity index (χ1n) is 7.02. The highest BCUT2D eigenvalue weighted by Gasteiger charge is 2.15. The minimum absolute atomic E-state index is 1.10. The molecule has 3 nitrogen and oxygen atoms in total. The monoisotopic (exact) mass is 247 g/mol. The summed E-state index contributed by atoms with van der Waals surface area (Å²) in [5, 5.41) is 3.22. The van der Waals surface area contributed by atoms with Gasteiger partial charge in [0.25, 0.3) is 0 Å². The van der Waals surface area contributed by atoms with E-state index in [-0.39, 0.29) is 0 Å². The van der Waals surface area contributed by atoms with Gasteiger partial charge in [0.05, 0.1) is 0 Å². The van der Waals surface area contributed by atoms with Gasteiger partial charge in [-0.2, -0.15) is 0 Å². The van der Waals surface area contributed by atoms with Crippen molar-refractivity contribution in [2.24, 2.45) is 0 Å². The lowest BCUT2D eigenvalue weighted by molar-refractivity contribution is 0.134. The van der Waals surface area contributed by atoms with Crippen molar-refractivity contribution in [3.63, 3.8) is 0 Å². The van der Waals surface area contributed by atoms with Gasteiger partial charge in [0, 0.05) is 45.8 Å². The first-order valence-corrected chi connectivity index (χ1v) is 7.02. The van der Waals surface area contributed by atoms with Gasteiger partial charge in [0.1, 0.15) is 0 Å². The van der Waals surface area contributed by atoms with Gasteiger partial charge in [-0.3, -0.25) is 4.90 Å². The summed E-state index contributed by atoms with van der Waals surface area (Å²) in [6, 6.07) is 10.8. The van der Waals surface area contributed by atoms with Crippen LogP contribution in [-0.4, -0.2) is 62.7 Å². The van der Waals surface area contributed by atoms with Crippen LogP contribution in [0.3, 0.4) is 0 Å². The third-order valence-electron chi connectivity index (χ3n) is 3.70. The van der Waals surface area contributed by atoms with Crippen LogP contribution in [0.4, 0.5) is 0 Å². The molecular weight excluding hydrogens is 222 g/mol. The Bertz CT molecular complexity index is 318. The third kappa shape index (κ3) is 4.41. The predicted molar refractivity (Wildman–Crippen MR) is 77.0 cm³/mol. The van der Waals surface area contributed by atoms with E-state index < -0.39 is 0 Å². The summed E-state index contributed by atoms with van der Waals surface area (Å²) in [5.41, 5.74) is 1.45. The topological polar surface area (TPSA) is 18.5 Å². The van der Waals surface area contributed by atoms with E-state index in [0.717, 1.165) is 6.54 Å². The lowest BCUT2D eigenvalue weighted by atomic mass is 10.1. The molecule has 0 bridgehead atoms. The molecule has 0 saturated carbocycles. The molecule has 0 unspecified atom stereocenters. The summed E-state index contributed by atoms with van der Waals surface area (Å²) in [7, 11) is 2.02. The Hall–Kier alpha value is -0.900. The fourth-order valence-electron chi connectivity index (χ4n) is 2.44. The standard InChI is InChI=1S/C15H25N3/c1-16-8-10-18-13-11-17(12-14-18)9-7-15-5-3-2-4-6-15/h2-6,16H,7-14H2,1H3. The van der Waals surface area contributed by atoms with Gasteiger partial charge >= 0.3 is 0 Å². The fourth-order valence-corrected chi connectivity index (χ4v) is 2.44. The number of hydrogen-bond acceptors (Lipinski definition) is 3. The third-order valence-corrected chi connectivity index (χ3v) is 3.70. The van der Waals surface area contributed by atoms with Gasteiger partial charge in [0.2, 0.25) is 0 Å². The van der Waals surface area contributed by atoms with E-state index in [1.165, 1.54) is 51.3 Å². The highest BCUT2D eigenvalue weighted by molar-refractivity contribution is 5.14. The van der Waals surface area contributed by atoms with Gasteiger partial charge in [-0.25, -0.2) is 0 Å². The number of rotatable bonds is 6. The van der Waals surface area contributed by atoms with E-state index in [0.29, 0.717) is 0 Å². The van der Waals surface area contributed by atoms with Crippen LogP contribution >= 0.6 is 0 Å². The molecule has 1 N–H and O–H groups in total. The molecule has 1 fully saturated rings. The second-order valence-electron chi connectivity index (χ2n) is 5.02. The Balaban J connectivity index is 1.65. The maximum Gasteiger partial charge on any atom is 0.0110 e. The molecule has 0 spiro atoms. The molecule has 1 aliphatic heterocycles. The first-order chi connectivity index (χ1) is 8.88. The van der Waals surface area contributed by atoms with Crippen LogP contribution in [-0.2, 0) is 6.42 Å². The lowest BCUT2D eigenvalue weighted by Gasteiger charge is -2.34. The molecule has 1 saturated heterocycles. The van der Waals surface area contributed by atoms with Crippen LogP contribution in [0.2, 0.25) is 0 Å². The normalized spacial score (nSPS) is 18.1. The Morgan fingerprint density at radius 2 is 1.56 bits per heavy atom.